The summed E-state index contributed by atoms with van der Waals surface area (Å²) < 4.78 is 4.87. The minimum absolute atomic E-state index is 0. The quantitative estimate of drug-likeness (QED) is 0.494. The number of esters is 1. The van der Waals surface area contributed by atoms with Crippen LogP contribution in [0.4, 0.5) is 0 Å². The largest absolute Gasteiger partial charge is 0.463 e. The summed E-state index contributed by atoms with van der Waals surface area (Å²) in [5.74, 6) is 0.866. The van der Waals surface area contributed by atoms with Crippen molar-refractivity contribution < 1.29 is 19.1 Å². The van der Waals surface area contributed by atoms with Gasteiger partial charge in [0.25, 0.3) is 0 Å². The van der Waals surface area contributed by atoms with Crippen LogP contribution in [0.25, 0.3) is 0 Å². The smallest absolute Gasteiger partial charge is 0.308 e. The fourth-order valence-corrected chi connectivity index (χ4v) is 1.49. The van der Waals surface area contributed by atoms with E-state index in [0.717, 1.165) is 0 Å². The van der Waals surface area contributed by atoms with Crippen LogP contribution in [-0.4, -0.2) is 29.8 Å². The summed E-state index contributed by atoms with van der Waals surface area (Å²) in [6.07, 6.45) is 0.0138. The maximum absolute atomic E-state index is 10.8. The van der Waals surface area contributed by atoms with Crippen molar-refractivity contribution >= 4 is 17.7 Å². The van der Waals surface area contributed by atoms with Gasteiger partial charge in [-0.15, -0.1) is 0 Å². The molecule has 1 N–H and O–H groups in total. The lowest BCUT2D eigenvalue weighted by atomic mass is 9.99. The lowest BCUT2D eigenvalue weighted by Gasteiger charge is -2.09. The molecule has 0 unspecified atom stereocenters. The van der Waals surface area contributed by atoms with E-state index < -0.39 is 0 Å². The van der Waals surface area contributed by atoms with Crippen molar-refractivity contribution in [1.29, 1.82) is 0 Å². The van der Waals surface area contributed by atoms with Crippen LogP contribution in [-0.2, 0) is 19.1 Å². The molecule has 5 heteroatoms. The van der Waals surface area contributed by atoms with Crippen molar-refractivity contribution in [2.24, 2.45) is 23.7 Å². The van der Waals surface area contributed by atoms with E-state index in [1.165, 1.54) is 0 Å². The van der Waals surface area contributed by atoms with Crippen molar-refractivity contribution in [2.45, 2.75) is 118 Å². The molecule has 0 aromatic heterocycles. The van der Waals surface area contributed by atoms with E-state index in [1.807, 2.05) is 83.1 Å². The van der Waals surface area contributed by atoms with Crippen LogP contribution in [0, 0.1) is 23.7 Å². The summed E-state index contributed by atoms with van der Waals surface area (Å²) in [6, 6.07) is 0.264. The maximum Gasteiger partial charge on any atom is 0.308 e. The molecule has 1 amide bonds. The van der Waals surface area contributed by atoms with Crippen LogP contribution < -0.4 is 5.32 Å². The molecule has 0 heterocycles. The highest BCUT2D eigenvalue weighted by Gasteiger charge is 2.10. The molecular weight excluding hydrogens is 366 g/mol. The van der Waals surface area contributed by atoms with E-state index in [9.17, 15) is 14.4 Å². The third-order valence-corrected chi connectivity index (χ3v) is 2.92. The van der Waals surface area contributed by atoms with Gasteiger partial charge in [0.05, 0.1) is 12.0 Å². The summed E-state index contributed by atoms with van der Waals surface area (Å²) in [4.78, 5) is 32.4. The van der Waals surface area contributed by atoms with Crippen LogP contribution in [0.3, 0.4) is 0 Å². The Morgan fingerprint density at radius 1 is 0.586 bits per heavy atom. The minimum atomic E-state index is -0.120. The maximum atomic E-state index is 10.8. The van der Waals surface area contributed by atoms with E-state index in [2.05, 4.69) is 5.32 Å². The molecule has 5 nitrogen and oxygen atoms in total. The Morgan fingerprint density at radius 2 is 0.931 bits per heavy atom. The predicted octanol–water partition coefficient (Wildman–Crippen LogP) is 6.54. The SMILES string of the molecule is C.C.C.CC(C)C(=O)C(C)C.CC(C)NC(=O)C(C)C.CC(C)OC(=O)C(C)C. The number of ketones is 1. The Kier molecular flexibility index (Phi) is 33.1. The average molecular weight is 422 g/mol. The number of rotatable bonds is 6. The molecule has 0 aliphatic carbocycles. The third-order valence-electron chi connectivity index (χ3n) is 2.92. The lowest BCUT2D eigenvalue weighted by Crippen LogP contribution is -2.33. The van der Waals surface area contributed by atoms with Crippen LogP contribution in [0.15, 0.2) is 0 Å². The highest BCUT2D eigenvalue weighted by molar-refractivity contribution is 5.82. The zero-order valence-corrected chi connectivity index (χ0v) is 19.1. The Bertz CT molecular complexity index is 362. The molecule has 0 atom stereocenters. The van der Waals surface area contributed by atoms with Gasteiger partial charge in [-0.25, -0.2) is 0 Å². The van der Waals surface area contributed by atoms with Crippen LogP contribution >= 0.6 is 0 Å². The van der Waals surface area contributed by atoms with Gasteiger partial charge in [-0.05, 0) is 27.7 Å². The molecule has 29 heavy (non-hydrogen) atoms. The molecule has 0 aliphatic heterocycles. The van der Waals surface area contributed by atoms with Gasteiger partial charge in [0, 0.05) is 23.8 Å². The molecule has 0 saturated carbocycles. The van der Waals surface area contributed by atoms with Gasteiger partial charge in [-0.3, -0.25) is 14.4 Å². The van der Waals surface area contributed by atoms with Gasteiger partial charge in [-0.1, -0.05) is 77.7 Å². The molecule has 0 fully saturated rings. The van der Waals surface area contributed by atoms with Gasteiger partial charge >= 0.3 is 5.97 Å². The molecule has 0 rings (SSSR count). The lowest BCUT2D eigenvalue weighted by molar-refractivity contribution is -0.151. The second-order valence-corrected chi connectivity index (χ2v) is 8.17. The average Bonchev–Trinajstić information content (AvgIpc) is 2.45. The third kappa shape index (κ3) is 31.5. The summed E-state index contributed by atoms with van der Waals surface area (Å²) >= 11 is 0. The normalized spacial score (nSPS) is 9.45. The van der Waals surface area contributed by atoms with E-state index in [0.29, 0.717) is 5.78 Å². The molecule has 0 aromatic rings. The van der Waals surface area contributed by atoms with Gasteiger partial charge < -0.3 is 10.1 Å². The highest BCUT2D eigenvalue weighted by atomic mass is 16.5. The van der Waals surface area contributed by atoms with Gasteiger partial charge in [0.2, 0.25) is 5.91 Å². The first kappa shape index (κ1) is 41.9. The molecule has 0 spiro atoms. The molecule has 0 aromatic carbocycles. The van der Waals surface area contributed by atoms with E-state index in [-0.39, 0.29) is 70.0 Å². The highest BCUT2D eigenvalue weighted by Crippen LogP contribution is 2.03. The Labute approximate surface area is 183 Å². The Morgan fingerprint density at radius 3 is 1.00 bits per heavy atom. The summed E-state index contributed by atoms with van der Waals surface area (Å²) in [5.41, 5.74) is 0. The molecule has 0 radical (unpaired) electrons. The molecule has 180 valence electrons. The van der Waals surface area contributed by atoms with Crippen molar-refractivity contribution in [1.82, 2.24) is 5.32 Å². The summed E-state index contributed by atoms with van der Waals surface area (Å²) in [5, 5.41) is 2.80. The Hall–Kier alpha value is -1.39. The Balaban J connectivity index is -0.0000000652. The number of carbonyl (C=O) groups excluding carboxylic acids is 3. The molecular formula is C24H55NO4. The van der Waals surface area contributed by atoms with Crippen LogP contribution in [0.2, 0.25) is 0 Å². The zero-order valence-electron chi connectivity index (χ0n) is 19.1. The minimum Gasteiger partial charge on any atom is -0.463 e. The first-order valence-corrected chi connectivity index (χ1v) is 9.67. The number of Topliss-reactive ketones (excluding diaryl/α,β-unsaturated/α-hetero) is 1. The van der Waals surface area contributed by atoms with Crippen LogP contribution in [0.1, 0.15) is 105 Å². The van der Waals surface area contributed by atoms with Crippen molar-refractivity contribution in [3.8, 4) is 0 Å². The van der Waals surface area contributed by atoms with E-state index >= 15 is 0 Å². The summed E-state index contributed by atoms with van der Waals surface area (Å²) in [6.45, 7) is 22.8. The van der Waals surface area contributed by atoms with E-state index in [4.69, 9.17) is 4.74 Å². The first-order valence-electron chi connectivity index (χ1n) is 9.67. The van der Waals surface area contributed by atoms with Crippen LogP contribution in [0.5, 0.6) is 0 Å². The number of hydrogen-bond acceptors (Lipinski definition) is 4. The zero-order chi connectivity index (χ0) is 21.6. The second kappa shape index (κ2) is 22.9. The van der Waals surface area contributed by atoms with Gasteiger partial charge in [-0.2, -0.15) is 0 Å². The van der Waals surface area contributed by atoms with Gasteiger partial charge in [0.1, 0.15) is 5.78 Å². The van der Waals surface area contributed by atoms with Crippen molar-refractivity contribution in [3.05, 3.63) is 0 Å². The topological polar surface area (TPSA) is 72.5 Å². The standard InChI is InChI=1S/C7H15NO.C7H14O2.C7H14O.3CH4/c1-5(2)7(9)8-6(3)4;1-5(2)7(8)9-6(3)4;1-5(2)7(8)6(3)4;;;/h5-6H,1-4H3,(H,8,9);5-6H,1-4H3;5-6H,1-4H3;3*1H4. The number of amides is 1. The number of hydrogen-bond donors (Lipinski definition) is 1. The second-order valence-electron chi connectivity index (χ2n) is 8.17. The predicted molar refractivity (Wildman–Crippen MR) is 129 cm³/mol. The number of nitrogens with one attached hydrogen (secondary N) is 1. The monoisotopic (exact) mass is 421 g/mol. The fourth-order valence-electron chi connectivity index (χ4n) is 1.49. The summed E-state index contributed by atoms with van der Waals surface area (Å²) in [7, 11) is 0. The van der Waals surface area contributed by atoms with Crippen molar-refractivity contribution in [2.75, 3.05) is 0 Å². The molecule has 0 aliphatic rings. The van der Waals surface area contributed by atoms with Gasteiger partial charge in [0.15, 0.2) is 0 Å². The number of carbonyl (C=O) groups is 3. The molecule has 0 saturated heterocycles. The van der Waals surface area contributed by atoms with Crippen molar-refractivity contribution in [3.63, 3.8) is 0 Å². The van der Waals surface area contributed by atoms with E-state index in [1.54, 1.807) is 0 Å². The fraction of sp³-hybridized carbons (Fsp3) is 0.875. The molecule has 0 bridgehead atoms. The number of ether oxygens (including phenoxy) is 1. The first-order chi connectivity index (χ1) is 11.6.